The van der Waals surface area contributed by atoms with Crippen molar-refractivity contribution in [1.29, 1.82) is 0 Å². The molecule has 1 fully saturated rings. The van der Waals surface area contributed by atoms with E-state index in [2.05, 4.69) is 17.3 Å². The van der Waals surface area contributed by atoms with Crippen LogP contribution < -0.4 is 4.74 Å². The Balaban J connectivity index is 1.76. The molecule has 3 rings (SSSR count). The lowest BCUT2D eigenvalue weighted by Gasteiger charge is -2.24. The van der Waals surface area contributed by atoms with E-state index in [9.17, 15) is 4.79 Å². The van der Waals surface area contributed by atoms with Gasteiger partial charge >= 0.3 is 0 Å². The van der Waals surface area contributed by atoms with Crippen LogP contribution in [0.2, 0.25) is 0 Å². The molecule has 5 nitrogen and oxygen atoms in total. The molecule has 2 heterocycles. The highest BCUT2D eigenvalue weighted by atomic mass is 16.5. The summed E-state index contributed by atoms with van der Waals surface area (Å²) < 4.78 is 10.3. The number of ether oxygens (including phenoxy) is 1. The normalized spacial score (nSPS) is 18.5. The molecule has 1 saturated heterocycles. The number of methoxy groups -OCH3 is 1. The molecule has 122 valence electrons. The van der Waals surface area contributed by atoms with Crippen molar-refractivity contribution in [3.63, 3.8) is 0 Å². The van der Waals surface area contributed by atoms with Gasteiger partial charge in [0.05, 0.1) is 7.11 Å². The summed E-state index contributed by atoms with van der Waals surface area (Å²) in [6, 6.07) is 9.85. The van der Waals surface area contributed by atoms with Gasteiger partial charge in [-0.15, -0.1) is 0 Å². The molecule has 1 aromatic carbocycles. The van der Waals surface area contributed by atoms with E-state index in [1.807, 2.05) is 17.0 Å². The Labute approximate surface area is 136 Å². The highest BCUT2D eigenvalue weighted by molar-refractivity contribution is 5.92. The van der Waals surface area contributed by atoms with Crippen molar-refractivity contribution >= 4 is 5.91 Å². The van der Waals surface area contributed by atoms with E-state index >= 15 is 0 Å². The Morgan fingerprint density at radius 3 is 2.74 bits per heavy atom. The van der Waals surface area contributed by atoms with Crippen molar-refractivity contribution in [3.8, 4) is 5.75 Å². The Morgan fingerprint density at radius 1 is 1.30 bits per heavy atom. The molecule has 1 unspecified atom stereocenters. The SMILES string of the molecule is COc1ccc(C2CCCCN(C(=O)c3cc(C)on3)C2)cc1. The summed E-state index contributed by atoms with van der Waals surface area (Å²) in [6.45, 7) is 3.29. The number of carbonyl (C=O) groups is 1. The first-order chi connectivity index (χ1) is 11.2. The fourth-order valence-corrected chi connectivity index (χ4v) is 3.10. The Kier molecular flexibility index (Phi) is 4.65. The molecule has 0 N–H and O–H groups in total. The van der Waals surface area contributed by atoms with E-state index in [1.165, 1.54) is 5.56 Å². The molecule has 0 radical (unpaired) electrons. The molecular formula is C18H22N2O3. The van der Waals surface area contributed by atoms with Gasteiger partial charge in [-0.1, -0.05) is 23.7 Å². The fraction of sp³-hybridized carbons (Fsp3) is 0.444. The van der Waals surface area contributed by atoms with Crippen molar-refractivity contribution in [3.05, 3.63) is 47.3 Å². The van der Waals surface area contributed by atoms with Gasteiger partial charge in [0.15, 0.2) is 5.69 Å². The van der Waals surface area contributed by atoms with Gasteiger partial charge in [0.25, 0.3) is 5.91 Å². The third kappa shape index (κ3) is 3.55. The number of rotatable bonds is 3. The number of hydrogen-bond donors (Lipinski definition) is 0. The second kappa shape index (κ2) is 6.86. The van der Waals surface area contributed by atoms with Crippen molar-refractivity contribution < 1.29 is 14.1 Å². The smallest absolute Gasteiger partial charge is 0.276 e. The monoisotopic (exact) mass is 314 g/mol. The first-order valence-electron chi connectivity index (χ1n) is 8.04. The molecule has 1 aliphatic heterocycles. The van der Waals surface area contributed by atoms with Crippen molar-refractivity contribution in [2.24, 2.45) is 0 Å². The van der Waals surface area contributed by atoms with E-state index in [-0.39, 0.29) is 5.91 Å². The molecule has 5 heteroatoms. The minimum atomic E-state index is -0.0396. The van der Waals surface area contributed by atoms with Gasteiger partial charge in [0.1, 0.15) is 11.5 Å². The van der Waals surface area contributed by atoms with Gasteiger partial charge in [0.2, 0.25) is 0 Å². The zero-order valence-corrected chi connectivity index (χ0v) is 13.6. The molecule has 0 spiro atoms. The molecule has 1 amide bonds. The number of likely N-dealkylation sites (tertiary alicyclic amines) is 1. The minimum absolute atomic E-state index is 0.0396. The van der Waals surface area contributed by atoms with E-state index < -0.39 is 0 Å². The van der Waals surface area contributed by atoms with Gasteiger partial charge in [-0.3, -0.25) is 4.79 Å². The fourth-order valence-electron chi connectivity index (χ4n) is 3.10. The molecule has 23 heavy (non-hydrogen) atoms. The second-order valence-corrected chi connectivity index (χ2v) is 6.04. The van der Waals surface area contributed by atoms with Gasteiger partial charge in [-0.2, -0.15) is 0 Å². The largest absolute Gasteiger partial charge is 0.497 e. The van der Waals surface area contributed by atoms with E-state index in [0.717, 1.165) is 38.1 Å². The first-order valence-corrected chi connectivity index (χ1v) is 8.04. The summed E-state index contributed by atoms with van der Waals surface area (Å²) in [5.74, 6) is 1.82. The van der Waals surface area contributed by atoms with Gasteiger partial charge in [0, 0.05) is 25.1 Å². The van der Waals surface area contributed by atoms with Gasteiger partial charge < -0.3 is 14.2 Å². The zero-order chi connectivity index (χ0) is 16.2. The van der Waals surface area contributed by atoms with Gasteiger partial charge in [-0.25, -0.2) is 0 Å². The summed E-state index contributed by atoms with van der Waals surface area (Å²) in [4.78, 5) is 14.5. The van der Waals surface area contributed by atoms with Crippen LogP contribution in [0.1, 0.15) is 47.0 Å². The highest BCUT2D eigenvalue weighted by Crippen LogP contribution is 2.28. The van der Waals surface area contributed by atoms with Crippen LogP contribution >= 0.6 is 0 Å². The predicted molar refractivity (Wildman–Crippen MR) is 86.7 cm³/mol. The molecular weight excluding hydrogens is 292 g/mol. The highest BCUT2D eigenvalue weighted by Gasteiger charge is 2.25. The lowest BCUT2D eigenvalue weighted by atomic mass is 9.94. The van der Waals surface area contributed by atoms with Crippen LogP contribution in [0, 0.1) is 6.92 Å². The molecule has 1 aliphatic rings. The summed E-state index contributed by atoms with van der Waals surface area (Å²) in [5, 5.41) is 3.86. The lowest BCUT2D eigenvalue weighted by molar-refractivity contribution is 0.0744. The number of amides is 1. The molecule has 0 saturated carbocycles. The zero-order valence-electron chi connectivity index (χ0n) is 13.6. The Hall–Kier alpha value is -2.30. The summed E-state index contributed by atoms with van der Waals surface area (Å²) in [5.41, 5.74) is 1.65. The van der Waals surface area contributed by atoms with Gasteiger partial charge in [-0.05, 0) is 37.5 Å². The molecule has 0 bridgehead atoms. The van der Waals surface area contributed by atoms with E-state index in [4.69, 9.17) is 9.26 Å². The number of carbonyl (C=O) groups excluding carboxylic acids is 1. The number of benzene rings is 1. The Morgan fingerprint density at radius 2 is 2.09 bits per heavy atom. The van der Waals surface area contributed by atoms with Crippen LogP contribution in [-0.2, 0) is 0 Å². The summed E-state index contributed by atoms with van der Waals surface area (Å²) in [6.07, 6.45) is 3.24. The molecule has 0 aliphatic carbocycles. The van der Waals surface area contributed by atoms with Crippen LogP contribution in [0.3, 0.4) is 0 Å². The first kappa shape index (κ1) is 15.6. The maximum Gasteiger partial charge on any atom is 0.276 e. The summed E-state index contributed by atoms with van der Waals surface area (Å²) >= 11 is 0. The number of aryl methyl sites for hydroxylation is 1. The Bertz CT molecular complexity index is 663. The van der Waals surface area contributed by atoms with Crippen molar-refractivity contribution in [2.75, 3.05) is 20.2 Å². The predicted octanol–water partition coefficient (Wildman–Crippen LogP) is 3.40. The minimum Gasteiger partial charge on any atom is -0.497 e. The van der Waals surface area contributed by atoms with Crippen LogP contribution in [0.5, 0.6) is 5.75 Å². The van der Waals surface area contributed by atoms with Crippen molar-refractivity contribution in [2.45, 2.75) is 32.1 Å². The molecule has 1 atom stereocenters. The van der Waals surface area contributed by atoms with Crippen LogP contribution in [0.25, 0.3) is 0 Å². The average molecular weight is 314 g/mol. The number of nitrogens with zero attached hydrogens (tertiary/aromatic N) is 2. The lowest BCUT2D eigenvalue weighted by Crippen LogP contribution is -2.34. The molecule has 2 aromatic rings. The average Bonchev–Trinajstić information content (AvgIpc) is 2.87. The standard InChI is InChI=1S/C18H22N2O3/c1-13-11-17(19-23-13)18(21)20-10-4-3-5-15(12-20)14-6-8-16(22-2)9-7-14/h6-9,11,15H,3-5,10,12H2,1-2H3. The van der Waals surface area contributed by atoms with E-state index in [1.54, 1.807) is 20.1 Å². The third-order valence-electron chi connectivity index (χ3n) is 4.39. The van der Waals surface area contributed by atoms with Crippen LogP contribution in [0.4, 0.5) is 0 Å². The van der Waals surface area contributed by atoms with Crippen molar-refractivity contribution in [1.82, 2.24) is 10.1 Å². The van der Waals surface area contributed by atoms with Crippen LogP contribution in [-0.4, -0.2) is 36.2 Å². The van der Waals surface area contributed by atoms with Crippen LogP contribution in [0.15, 0.2) is 34.9 Å². The maximum absolute atomic E-state index is 12.6. The number of hydrogen-bond acceptors (Lipinski definition) is 4. The quantitative estimate of drug-likeness (QED) is 0.871. The number of aromatic nitrogens is 1. The second-order valence-electron chi connectivity index (χ2n) is 6.04. The third-order valence-corrected chi connectivity index (χ3v) is 4.39. The topological polar surface area (TPSA) is 55.6 Å². The molecule has 1 aromatic heterocycles. The maximum atomic E-state index is 12.6. The summed E-state index contributed by atoms with van der Waals surface area (Å²) in [7, 11) is 1.67. The van der Waals surface area contributed by atoms with E-state index in [0.29, 0.717) is 17.4 Å².